The third kappa shape index (κ3) is 5.43. The number of nitrogens with one attached hydrogen (secondary N) is 2. The maximum Gasteiger partial charge on any atom is 0.257 e. The van der Waals surface area contributed by atoms with Crippen LogP contribution in [0.25, 0.3) is 11.3 Å². The fourth-order valence-electron chi connectivity index (χ4n) is 4.75. The Hall–Kier alpha value is -3.72. The topological polar surface area (TPSA) is 133 Å². The van der Waals surface area contributed by atoms with E-state index in [1.807, 2.05) is 49.8 Å². The highest BCUT2D eigenvalue weighted by atomic mass is 16.5. The summed E-state index contributed by atoms with van der Waals surface area (Å²) in [4.78, 5) is 11.5. The van der Waals surface area contributed by atoms with Crippen molar-refractivity contribution < 1.29 is 14.6 Å². The van der Waals surface area contributed by atoms with Gasteiger partial charge in [-0.15, -0.1) is 5.10 Å². The number of aliphatic hydroxyl groups is 1. The minimum atomic E-state index is -0.468. The first-order valence-corrected chi connectivity index (χ1v) is 13.0. The Morgan fingerprint density at radius 1 is 1.29 bits per heavy atom. The summed E-state index contributed by atoms with van der Waals surface area (Å²) in [6, 6.07) is 7.90. The van der Waals surface area contributed by atoms with Crippen LogP contribution in [0.2, 0.25) is 0 Å². The SMILES string of the molecule is CC(C)Oc1nn(CCN2CCOCC2)cc1Nc1nccc(-c2cc(C#N)c3c(c2)C(C)(CO)CN3)n1. The van der Waals surface area contributed by atoms with Crippen molar-refractivity contribution in [1.82, 2.24) is 24.6 Å². The quantitative estimate of drug-likeness (QED) is 0.388. The number of aliphatic hydroxyl groups excluding tert-OH is 1. The van der Waals surface area contributed by atoms with Crippen molar-refractivity contribution in [3.05, 3.63) is 41.7 Å². The molecule has 1 saturated heterocycles. The van der Waals surface area contributed by atoms with Crippen LogP contribution in [0.5, 0.6) is 5.88 Å². The second-order valence-corrected chi connectivity index (χ2v) is 10.3. The number of benzene rings is 1. The minimum Gasteiger partial charge on any atom is -0.472 e. The van der Waals surface area contributed by atoms with Crippen molar-refractivity contribution in [2.24, 2.45) is 0 Å². The van der Waals surface area contributed by atoms with Crippen LogP contribution in [-0.4, -0.2) is 81.9 Å². The number of anilines is 3. The van der Waals surface area contributed by atoms with Crippen molar-refractivity contribution in [2.45, 2.75) is 38.8 Å². The molecular weight excluding hydrogens is 484 g/mol. The molecule has 1 aromatic carbocycles. The summed E-state index contributed by atoms with van der Waals surface area (Å²) in [5.41, 5.74) is 3.88. The highest BCUT2D eigenvalue weighted by molar-refractivity contribution is 5.76. The first kappa shape index (κ1) is 25.9. The van der Waals surface area contributed by atoms with Gasteiger partial charge in [-0.3, -0.25) is 9.58 Å². The van der Waals surface area contributed by atoms with E-state index in [1.165, 1.54) is 0 Å². The van der Waals surface area contributed by atoms with Crippen LogP contribution in [-0.2, 0) is 16.7 Å². The molecule has 0 radical (unpaired) electrons. The van der Waals surface area contributed by atoms with E-state index in [0.717, 1.165) is 56.2 Å². The smallest absolute Gasteiger partial charge is 0.257 e. The average Bonchev–Trinajstić information content (AvgIpc) is 3.47. The number of ether oxygens (including phenoxy) is 2. The zero-order chi connectivity index (χ0) is 26.7. The summed E-state index contributed by atoms with van der Waals surface area (Å²) in [6.07, 6.45) is 3.55. The molecule has 0 saturated carbocycles. The van der Waals surface area contributed by atoms with Crippen LogP contribution in [0.4, 0.5) is 17.3 Å². The molecule has 1 atom stereocenters. The van der Waals surface area contributed by atoms with Gasteiger partial charge in [-0.05, 0) is 37.6 Å². The lowest BCUT2D eigenvalue weighted by Gasteiger charge is -2.26. The maximum absolute atomic E-state index is 10.0. The molecule has 4 heterocycles. The van der Waals surface area contributed by atoms with E-state index in [2.05, 4.69) is 31.7 Å². The lowest BCUT2D eigenvalue weighted by Crippen LogP contribution is -2.38. The number of morpholine rings is 1. The molecular formula is C27H34N8O3. The lowest BCUT2D eigenvalue weighted by atomic mass is 9.83. The van der Waals surface area contributed by atoms with Crippen LogP contribution >= 0.6 is 0 Å². The Balaban J connectivity index is 1.40. The maximum atomic E-state index is 10.0. The second kappa shape index (κ2) is 10.9. The van der Waals surface area contributed by atoms with Gasteiger partial charge in [0.15, 0.2) is 0 Å². The molecule has 38 heavy (non-hydrogen) atoms. The standard InChI is InChI=1S/C27H34N8O3/c1-18(2)38-25-23(15-35(33-25)7-6-34-8-10-37-11-9-34)32-26-29-5-4-22(31-26)19-12-20(14-28)24-21(13-19)27(3,17-36)16-30-24/h4-5,12-13,15,18,30,36H,6-11,16-17H2,1-3H3,(H,29,31,32). The molecule has 5 rings (SSSR count). The number of nitrogens with zero attached hydrogens (tertiary/aromatic N) is 6. The summed E-state index contributed by atoms with van der Waals surface area (Å²) in [5.74, 6) is 0.885. The molecule has 0 aliphatic carbocycles. The Morgan fingerprint density at radius 2 is 2.11 bits per heavy atom. The van der Waals surface area contributed by atoms with Crippen molar-refractivity contribution in [1.29, 1.82) is 5.26 Å². The van der Waals surface area contributed by atoms with Gasteiger partial charge < -0.3 is 25.2 Å². The van der Waals surface area contributed by atoms with E-state index in [0.29, 0.717) is 35.3 Å². The minimum absolute atomic E-state index is 0.0218. The van der Waals surface area contributed by atoms with Gasteiger partial charge in [-0.1, -0.05) is 6.92 Å². The monoisotopic (exact) mass is 518 g/mol. The summed E-state index contributed by atoms with van der Waals surface area (Å²) in [6.45, 7) is 11.4. The fraction of sp³-hybridized carbons (Fsp3) is 0.481. The molecule has 11 heteroatoms. The highest BCUT2D eigenvalue weighted by Gasteiger charge is 2.36. The van der Waals surface area contributed by atoms with E-state index in [1.54, 1.807) is 6.20 Å². The van der Waals surface area contributed by atoms with Crippen LogP contribution in [0, 0.1) is 11.3 Å². The molecule has 1 fully saturated rings. The zero-order valence-corrected chi connectivity index (χ0v) is 22.1. The Labute approximate surface area is 222 Å². The van der Waals surface area contributed by atoms with Gasteiger partial charge >= 0.3 is 0 Å². The number of fused-ring (bicyclic) bond motifs is 1. The average molecular weight is 519 g/mol. The molecule has 0 spiro atoms. The third-order valence-corrected chi connectivity index (χ3v) is 6.94. The first-order valence-electron chi connectivity index (χ1n) is 13.0. The zero-order valence-electron chi connectivity index (χ0n) is 22.1. The summed E-state index contributed by atoms with van der Waals surface area (Å²) < 4.78 is 13.3. The molecule has 2 aliphatic heterocycles. The van der Waals surface area contributed by atoms with Gasteiger partial charge in [0.2, 0.25) is 5.95 Å². The van der Waals surface area contributed by atoms with E-state index in [4.69, 9.17) is 14.5 Å². The van der Waals surface area contributed by atoms with Crippen molar-refractivity contribution in [3.63, 3.8) is 0 Å². The Kier molecular flexibility index (Phi) is 7.46. The van der Waals surface area contributed by atoms with Crippen LogP contribution in [0.3, 0.4) is 0 Å². The molecule has 3 aromatic rings. The summed E-state index contributed by atoms with van der Waals surface area (Å²) in [5, 5.41) is 31.0. The van der Waals surface area contributed by atoms with Crippen LogP contribution in [0.1, 0.15) is 31.9 Å². The summed E-state index contributed by atoms with van der Waals surface area (Å²) in [7, 11) is 0. The fourth-order valence-corrected chi connectivity index (χ4v) is 4.75. The molecule has 0 amide bonds. The predicted octanol–water partition coefficient (Wildman–Crippen LogP) is 2.75. The van der Waals surface area contributed by atoms with Crippen molar-refractivity contribution in [3.8, 4) is 23.2 Å². The number of hydrogen-bond acceptors (Lipinski definition) is 10. The molecule has 2 aliphatic rings. The highest BCUT2D eigenvalue weighted by Crippen LogP contribution is 2.41. The first-order chi connectivity index (χ1) is 18.4. The normalized spacial score (nSPS) is 19.2. The van der Waals surface area contributed by atoms with Crippen LogP contribution < -0.4 is 15.4 Å². The van der Waals surface area contributed by atoms with Crippen LogP contribution in [0.15, 0.2) is 30.6 Å². The molecule has 2 aromatic heterocycles. The van der Waals surface area contributed by atoms with Crippen molar-refractivity contribution >= 4 is 17.3 Å². The largest absolute Gasteiger partial charge is 0.472 e. The summed E-state index contributed by atoms with van der Waals surface area (Å²) >= 11 is 0. The van der Waals surface area contributed by atoms with Gasteiger partial charge in [-0.25, -0.2) is 9.97 Å². The van der Waals surface area contributed by atoms with Crippen molar-refractivity contribution in [2.75, 3.05) is 56.6 Å². The Morgan fingerprint density at radius 3 is 2.84 bits per heavy atom. The van der Waals surface area contributed by atoms with Gasteiger partial charge in [0, 0.05) is 43.4 Å². The Bertz CT molecular complexity index is 1330. The van der Waals surface area contributed by atoms with Gasteiger partial charge in [0.1, 0.15) is 11.8 Å². The van der Waals surface area contributed by atoms with E-state index in [9.17, 15) is 10.4 Å². The molecule has 200 valence electrons. The number of rotatable bonds is 9. The molecule has 3 N–H and O–H groups in total. The third-order valence-electron chi connectivity index (χ3n) is 6.94. The number of nitriles is 1. The van der Waals surface area contributed by atoms with E-state index in [-0.39, 0.29) is 12.7 Å². The van der Waals surface area contributed by atoms with Gasteiger partial charge in [0.25, 0.3) is 5.88 Å². The van der Waals surface area contributed by atoms with Gasteiger partial charge in [0.05, 0.1) is 55.6 Å². The van der Waals surface area contributed by atoms with E-state index >= 15 is 0 Å². The lowest BCUT2D eigenvalue weighted by molar-refractivity contribution is 0.0359. The van der Waals surface area contributed by atoms with Gasteiger partial charge in [-0.2, -0.15) is 5.26 Å². The predicted molar refractivity (Wildman–Crippen MR) is 144 cm³/mol. The molecule has 1 unspecified atom stereocenters. The number of aromatic nitrogens is 4. The second-order valence-electron chi connectivity index (χ2n) is 10.3. The number of hydrogen-bond donors (Lipinski definition) is 3. The molecule has 0 bridgehead atoms. The van der Waals surface area contributed by atoms with E-state index < -0.39 is 5.41 Å². The molecule has 11 nitrogen and oxygen atoms in total.